The van der Waals surface area contributed by atoms with Crippen LogP contribution < -0.4 is 5.32 Å². The maximum Gasteiger partial charge on any atom is 0.249 e. The molecule has 3 rings (SSSR count). The summed E-state index contributed by atoms with van der Waals surface area (Å²) in [5, 5.41) is 5.88. The van der Waals surface area contributed by atoms with E-state index in [9.17, 15) is 9.59 Å². The van der Waals surface area contributed by atoms with Crippen molar-refractivity contribution in [3.05, 3.63) is 16.1 Å². The Balaban J connectivity index is 1.86. The summed E-state index contributed by atoms with van der Waals surface area (Å²) in [6.45, 7) is 4.17. The molecule has 1 saturated heterocycles. The highest BCUT2D eigenvalue weighted by Crippen LogP contribution is 2.34. The highest BCUT2D eigenvalue weighted by atomic mass is 32.1. The predicted octanol–water partition coefficient (Wildman–Crippen LogP) is 2.00. The number of hydrogen-bond acceptors (Lipinski definition) is 4. The molecule has 1 aromatic heterocycles. The number of rotatable bonds is 2. The number of piperazine rings is 1. The Morgan fingerprint density at radius 1 is 1.38 bits per heavy atom. The lowest BCUT2D eigenvalue weighted by molar-refractivity contribution is -0.156. The van der Waals surface area contributed by atoms with Crippen molar-refractivity contribution in [2.75, 3.05) is 0 Å². The van der Waals surface area contributed by atoms with Gasteiger partial charge in [-0.15, -0.1) is 11.3 Å². The molecule has 1 aliphatic heterocycles. The van der Waals surface area contributed by atoms with Crippen molar-refractivity contribution in [3.8, 4) is 0 Å². The second kappa shape index (κ2) is 5.40. The van der Waals surface area contributed by atoms with Gasteiger partial charge in [0.1, 0.15) is 16.6 Å². The summed E-state index contributed by atoms with van der Waals surface area (Å²) in [5.74, 6) is 0.0342. The third-order valence-electron chi connectivity index (χ3n) is 4.56. The maximum atomic E-state index is 13.0. The van der Waals surface area contributed by atoms with Crippen molar-refractivity contribution in [2.24, 2.45) is 0 Å². The molecule has 1 aromatic rings. The van der Waals surface area contributed by atoms with E-state index in [1.807, 2.05) is 12.3 Å². The molecule has 1 aliphatic carbocycles. The van der Waals surface area contributed by atoms with E-state index in [1.165, 1.54) is 0 Å². The molecule has 114 valence electrons. The summed E-state index contributed by atoms with van der Waals surface area (Å²) in [6.07, 6.45) is 4.68. The molecule has 0 aromatic carbocycles. The number of aromatic nitrogens is 1. The molecule has 2 aliphatic rings. The molecular weight excluding hydrogens is 286 g/mol. The van der Waals surface area contributed by atoms with Crippen LogP contribution in [0, 0.1) is 6.92 Å². The molecule has 1 saturated carbocycles. The number of carbonyl (C=O) groups excluding carboxylic acids is 2. The third-order valence-corrected chi connectivity index (χ3v) is 5.51. The monoisotopic (exact) mass is 307 g/mol. The van der Waals surface area contributed by atoms with Gasteiger partial charge in [-0.1, -0.05) is 19.3 Å². The van der Waals surface area contributed by atoms with Gasteiger partial charge >= 0.3 is 0 Å². The van der Waals surface area contributed by atoms with Crippen molar-refractivity contribution >= 4 is 23.2 Å². The van der Waals surface area contributed by atoms with Gasteiger partial charge < -0.3 is 10.2 Å². The molecule has 1 N–H and O–H groups in total. The van der Waals surface area contributed by atoms with Crippen LogP contribution >= 0.6 is 11.3 Å². The van der Waals surface area contributed by atoms with Crippen LogP contribution in [-0.4, -0.2) is 33.3 Å². The Morgan fingerprint density at radius 3 is 2.71 bits per heavy atom. The van der Waals surface area contributed by atoms with Gasteiger partial charge in [-0.3, -0.25) is 9.59 Å². The standard InChI is InChI=1S/C15H21N3O2S/c1-10-9-21-12(16-10)8-18-11(2)13(19)17-15(14(18)20)6-4-3-5-7-15/h9,11H,3-8H2,1-2H3,(H,17,19). The van der Waals surface area contributed by atoms with Crippen LogP contribution in [0.2, 0.25) is 0 Å². The number of nitrogens with zero attached hydrogens (tertiary/aromatic N) is 2. The van der Waals surface area contributed by atoms with Crippen LogP contribution in [0.5, 0.6) is 0 Å². The Hall–Kier alpha value is -1.43. The summed E-state index contributed by atoms with van der Waals surface area (Å²) in [6, 6.07) is -0.422. The zero-order chi connectivity index (χ0) is 15.0. The maximum absolute atomic E-state index is 13.0. The fourth-order valence-electron chi connectivity index (χ4n) is 3.31. The first-order chi connectivity index (χ1) is 10.0. The highest BCUT2D eigenvalue weighted by Gasteiger charge is 2.49. The van der Waals surface area contributed by atoms with Crippen molar-refractivity contribution < 1.29 is 9.59 Å². The fourth-order valence-corrected chi connectivity index (χ4v) is 4.08. The first-order valence-corrected chi connectivity index (χ1v) is 8.44. The summed E-state index contributed by atoms with van der Waals surface area (Å²) in [5.41, 5.74) is 0.303. The van der Waals surface area contributed by atoms with Crippen LogP contribution in [-0.2, 0) is 16.1 Å². The number of thiazole rings is 1. The quantitative estimate of drug-likeness (QED) is 0.909. The Bertz CT molecular complexity index is 563. The smallest absolute Gasteiger partial charge is 0.249 e. The van der Waals surface area contributed by atoms with E-state index in [4.69, 9.17) is 0 Å². The van der Waals surface area contributed by atoms with Gasteiger partial charge in [0.05, 0.1) is 6.54 Å². The minimum Gasteiger partial charge on any atom is -0.340 e. The molecule has 2 fully saturated rings. The lowest BCUT2D eigenvalue weighted by atomic mass is 9.78. The largest absolute Gasteiger partial charge is 0.340 e. The highest BCUT2D eigenvalue weighted by molar-refractivity contribution is 7.09. The number of hydrogen-bond donors (Lipinski definition) is 1. The average molecular weight is 307 g/mol. The number of nitrogens with one attached hydrogen (secondary N) is 1. The van der Waals surface area contributed by atoms with Crippen LogP contribution in [0.25, 0.3) is 0 Å². The van der Waals surface area contributed by atoms with Crippen LogP contribution in [0.4, 0.5) is 0 Å². The third kappa shape index (κ3) is 2.57. The first kappa shape index (κ1) is 14.5. The zero-order valence-electron chi connectivity index (χ0n) is 12.5. The molecule has 21 heavy (non-hydrogen) atoms. The molecule has 2 heterocycles. The van der Waals surface area contributed by atoms with Crippen molar-refractivity contribution in [1.82, 2.24) is 15.2 Å². The predicted molar refractivity (Wildman–Crippen MR) is 80.8 cm³/mol. The van der Waals surface area contributed by atoms with E-state index < -0.39 is 11.6 Å². The van der Waals surface area contributed by atoms with E-state index in [0.717, 1.165) is 42.8 Å². The minimum absolute atomic E-state index is 0.0372. The summed E-state index contributed by atoms with van der Waals surface area (Å²) in [7, 11) is 0. The summed E-state index contributed by atoms with van der Waals surface area (Å²) < 4.78 is 0. The van der Waals surface area contributed by atoms with E-state index >= 15 is 0 Å². The molecule has 2 amide bonds. The van der Waals surface area contributed by atoms with Crippen molar-refractivity contribution in [3.63, 3.8) is 0 Å². The molecule has 1 atom stereocenters. The van der Waals surface area contributed by atoms with Gasteiger partial charge in [0.25, 0.3) is 0 Å². The SMILES string of the molecule is Cc1csc(CN2C(=O)C3(CCCCC3)NC(=O)C2C)n1. The molecule has 5 nitrogen and oxygen atoms in total. The molecule has 0 bridgehead atoms. The summed E-state index contributed by atoms with van der Waals surface area (Å²) in [4.78, 5) is 31.4. The molecule has 1 spiro atoms. The molecular formula is C15H21N3O2S. The first-order valence-electron chi connectivity index (χ1n) is 7.56. The number of amides is 2. The van der Waals surface area contributed by atoms with Gasteiger partial charge in [-0.05, 0) is 26.7 Å². The van der Waals surface area contributed by atoms with E-state index in [-0.39, 0.29) is 11.8 Å². The van der Waals surface area contributed by atoms with E-state index in [0.29, 0.717) is 6.54 Å². The Labute approximate surface area is 128 Å². The van der Waals surface area contributed by atoms with Gasteiger partial charge in [0.15, 0.2) is 0 Å². The minimum atomic E-state index is -0.659. The fraction of sp³-hybridized carbons (Fsp3) is 0.667. The number of carbonyl (C=O) groups is 2. The van der Waals surface area contributed by atoms with Gasteiger partial charge in [-0.25, -0.2) is 4.98 Å². The Morgan fingerprint density at radius 2 is 2.10 bits per heavy atom. The molecule has 1 unspecified atom stereocenters. The second-order valence-electron chi connectivity index (χ2n) is 6.12. The van der Waals surface area contributed by atoms with Gasteiger partial charge in [0.2, 0.25) is 11.8 Å². The lowest BCUT2D eigenvalue weighted by Crippen LogP contribution is -2.69. The zero-order valence-corrected chi connectivity index (χ0v) is 13.3. The summed E-state index contributed by atoms with van der Waals surface area (Å²) >= 11 is 1.55. The van der Waals surface area contributed by atoms with E-state index in [2.05, 4.69) is 10.3 Å². The van der Waals surface area contributed by atoms with E-state index in [1.54, 1.807) is 23.2 Å². The van der Waals surface area contributed by atoms with Gasteiger partial charge in [0, 0.05) is 11.1 Å². The molecule has 0 radical (unpaired) electrons. The van der Waals surface area contributed by atoms with Crippen LogP contribution in [0.1, 0.15) is 49.7 Å². The Kier molecular flexibility index (Phi) is 3.73. The topological polar surface area (TPSA) is 62.3 Å². The molecule has 6 heteroatoms. The normalized spacial score (nSPS) is 25.2. The lowest BCUT2D eigenvalue weighted by Gasteiger charge is -2.46. The number of aryl methyl sites for hydroxylation is 1. The van der Waals surface area contributed by atoms with Gasteiger partial charge in [-0.2, -0.15) is 0 Å². The van der Waals surface area contributed by atoms with Crippen molar-refractivity contribution in [2.45, 2.75) is 64.1 Å². The van der Waals surface area contributed by atoms with Crippen molar-refractivity contribution in [1.29, 1.82) is 0 Å². The van der Waals surface area contributed by atoms with Crippen LogP contribution in [0.3, 0.4) is 0 Å². The average Bonchev–Trinajstić information content (AvgIpc) is 2.88. The second-order valence-corrected chi connectivity index (χ2v) is 7.07. The van der Waals surface area contributed by atoms with Crippen LogP contribution in [0.15, 0.2) is 5.38 Å².